The second kappa shape index (κ2) is 10.8. The number of aromatic nitrogens is 3. The molecule has 0 saturated carbocycles. The monoisotopic (exact) mass is 556 g/mol. The number of amides is 1. The number of rotatable bonds is 7. The molecule has 2 aliphatic heterocycles. The molecule has 208 valence electrons. The van der Waals surface area contributed by atoms with Crippen LogP contribution in [0.5, 0.6) is 11.5 Å². The van der Waals surface area contributed by atoms with Crippen molar-refractivity contribution in [1.82, 2.24) is 19.7 Å². The lowest BCUT2D eigenvalue weighted by Crippen LogP contribution is -2.31. The Morgan fingerprint density at radius 1 is 1.15 bits per heavy atom. The highest BCUT2D eigenvalue weighted by Gasteiger charge is 2.40. The number of ether oxygens (including phenoxy) is 4. The van der Waals surface area contributed by atoms with Gasteiger partial charge in [0.25, 0.3) is 0 Å². The van der Waals surface area contributed by atoms with Crippen molar-refractivity contribution in [3.63, 3.8) is 0 Å². The summed E-state index contributed by atoms with van der Waals surface area (Å²) in [7, 11) is 4.76. The van der Waals surface area contributed by atoms with Gasteiger partial charge in [-0.05, 0) is 44.5 Å². The van der Waals surface area contributed by atoms with Crippen molar-refractivity contribution < 1.29 is 28.8 Å². The Labute approximate surface area is 232 Å². The molecular formula is C28H33ClN4O6. The molecule has 10 nitrogen and oxygen atoms in total. The Morgan fingerprint density at radius 2 is 1.95 bits per heavy atom. The fourth-order valence-corrected chi connectivity index (χ4v) is 5.40. The fraction of sp³-hybridized carbons (Fsp3) is 0.464. The fourth-order valence-electron chi connectivity index (χ4n) is 5.22. The normalized spacial score (nSPS) is 20.8. The first-order valence-electron chi connectivity index (χ1n) is 12.8. The van der Waals surface area contributed by atoms with Crippen LogP contribution in [0.1, 0.15) is 61.7 Å². The van der Waals surface area contributed by atoms with Crippen LogP contribution in [0.3, 0.4) is 0 Å². The van der Waals surface area contributed by atoms with E-state index in [-0.39, 0.29) is 12.3 Å². The van der Waals surface area contributed by atoms with Crippen LogP contribution in [0, 0.1) is 0 Å². The van der Waals surface area contributed by atoms with E-state index in [4.69, 9.17) is 30.5 Å². The number of aliphatic hydroxyl groups is 1. The molecule has 1 amide bonds. The van der Waals surface area contributed by atoms with E-state index in [1.54, 1.807) is 32.3 Å². The first-order chi connectivity index (χ1) is 18.7. The lowest BCUT2D eigenvalue weighted by molar-refractivity contribution is -0.134. The van der Waals surface area contributed by atoms with Gasteiger partial charge in [0.1, 0.15) is 17.8 Å². The molecule has 3 aromatic rings. The van der Waals surface area contributed by atoms with E-state index < -0.39 is 23.9 Å². The summed E-state index contributed by atoms with van der Waals surface area (Å²) < 4.78 is 25.8. The van der Waals surface area contributed by atoms with Gasteiger partial charge in [0.2, 0.25) is 5.91 Å². The molecule has 0 spiro atoms. The van der Waals surface area contributed by atoms with Gasteiger partial charge >= 0.3 is 0 Å². The summed E-state index contributed by atoms with van der Waals surface area (Å²) in [4.78, 5) is 15.1. The largest absolute Gasteiger partial charge is 0.493 e. The quantitative estimate of drug-likeness (QED) is 0.466. The van der Waals surface area contributed by atoms with E-state index in [0.717, 1.165) is 11.3 Å². The summed E-state index contributed by atoms with van der Waals surface area (Å²) in [6.45, 7) is 4.59. The number of carbonyl (C=O) groups excluding carboxylic acids is 1. The van der Waals surface area contributed by atoms with Crippen LogP contribution >= 0.6 is 11.6 Å². The van der Waals surface area contributed by atoms with Crippen LogP contribution in [-0.4, -0.2) is 71.2 Å². The number of nitrogens with zero attached hydrogens (tertiary/aromatic N) is 4. The molecule has 1 aromatic heterocycles. The van der Waals surface area contributed by atoms with E-state index in [0.29, 0.717) is 53.2 Å². The van der Waals surface area contributed by atoms with Crippen LogP contribution in [0.25, 0.3) is 5.69 Å². The maximum Gasteiger partial charge on any atom is 0.225 e. The molecule has 5 rings (SSSR count). The predicted molar refractivity (Wildman–Crippen MR) is 143 cm³/mol. The van der Waals surface area contributed by atoms with E-state index in [9.17, 15) is 9.90 Å². The molecule has 39 heavy (non-hydrogen) atoms. The summed E-state index contributed by atoms with van der Waals surface area (Å²) in [6, 6.07) is 11.1. The molecule has 0 aliphatic carbocycles. The predicted octanol–water partition coefficient (Wildman–Crippen LogP) is 3.96. The van der Waals surface area contributed by atoms with Gasteiger partial charge in [-0.25, -0.2) is 0 Å². The molecule has 3 atom stereocenters. The molecule has 0 radical (unpaired) electrons. The third-order valence-electron chi connectivity index (χ3n) is 7.43. The van der Waals surface area contributed by atoms with Crippen LogP contribution in [0.4, 0.5) is 0 Å². The number of halogens is 1. The van der Waals surface area contributed by atoms with Crippen LogP contribution in [-0.2, 0) is 19.9 Å². The van der Waals surface area contributed by atoms with Crippen molar-refractivity contribution in [2.45, 2.75) is 50.6 Å². The first-order valence-corrected chi connectivity index (χ1v) is 13.2. The maximum absolute atomic E-state index is 13.4. The number of aliphatic hydroxyl groups excluding tert-OH is 1. The number of carbonyl (C=O) groups is 1. The average Bonchev–Trinajstić information content (AvgIpc) is 3.55. The highest BCUT2D eigenvalue weighted by molar-refractivity contribution is 6.30. The van der Waals surface area contributed by atoms with Gasteiger partial charge in [0, 0.05) is 36.3 Å². The lowest BCUT2D eigenvalue weighted by atomic mass is 9.97. The van der Waals surface area contributed by atoms with Gasteiger partial charge in [0.15, 0.2) is 23.1 Å². The molecule has 0 bridgehead atoms. The molecule has 11 heteroatoms. The van der Waals surface area contributed by atoms with Gasteiger partial charge in [-0.1, -0.05) is 23.7 Å². The van der Waals surface area contributed by atoms with E-state index in [1.807, 2.05) is 48.7 Å². The minimum atomic E-state index is -0.802. The van der Waals surface area contributed by atoms with Crippen molar-refractivity contribution in [2.24, 2.45) is 0 Å². The molecule has 1 saturated heterocycles. The van der Waals surface area contributed by atoms with Crippen molar-refractivity contribution in [2.75, 3.05) is 34.4 Å². The van der Waals surface area contributed by atoms with Crippen LogP contribution in [0.2, 0.25) is 5.02 Å². The lowest BCUT2D eigenvalue weighted by Gasteiger charge is -2.26. The third kappa shape index (κ3) is 4.98. The number of benzene rings is 2. The third-order valence-corrected chi connectivity index (χ3v) is 7.67. The zero-order valence-corrected chi connectivity index (χ0v) is 23.4. The summed E-state index contributed by atoms with van der Waals surface area (Å²) in [6.07, 6.45) is -1.44. The van der Waals surface area contributed by atoms with Gasteiger partial charge in [-0.3, -0.25) is 9.36 Å². The minimum Gasteiger partial charge on any atom is -0.493 e. The second-order valence-electron chi connectivity index (χ2n) is 10.2. The standard InChI is InChI=1S/C28H33ClN4O6/c1-28(2,38-5)27-31-30-26-22(14-23(35)32-12-11-17(34)15-32)39-24(18-7-6-8-21(36-3)25(18)37-4)19-13-16(29)9-10-20(19)33(26)27/h6-10,13,17,22,24,34H,11-12,14-15H2,1-5H3. The second-order valence-corrected chi connectivity index (χ2v) is 10.6. The number of para-hydroxylation sites is 1. The molecule has 3 unspecified atom stereocenters. The summed E-state index contributed by atoms with van der Waals surface area (Å²) in [5.74, 6) is 1.94. The van der Waals surface area contributed by atoms with Crippen molar-refractivity contribution in [3.8, 4) is 17.2 Å². The molecule has 1 N–H and O–H groups in total. The Morgan fingerprint density at radius 3 is 2.62 bits per heavy atom. The van der Waals surface area contributed by atoms with Gasteiger partial charge in [-0.15, -0.1) is 10.2 Å². The maximum atomic E-state index is 13.4. The summed E-state index contributed by atoms with van der Waals surface area (Å²) in [5, 5.41) is 19.6. The molecule has 3 heterocycles. The first kappa shape index (κ1) is 27.4. The number of methoxy groups -OCH3 is 3. The minimum absolute atomic E-state index is 0.00275. The zero-order chi connectivity index (χ0) is 27.9. The van der Waals surface area contributed by atoms with E-state index in [2.05, 4.69) is 10.2 Å². The SMILES string of the molecule is COc1cccc(C2OC(CC(=O)N3CCC(O)C3)c3nnc(C(C)(C)OC)n3-c3ccc(Cl)cc32)c1OC. The Hall–Kier alpha value is -3.18. The van der Waals surface area contributed by atoms with Crippen molar-refractivity contribution in [1.29, 1.82) is 0 Å². The summed E-state index contributed by atoms with van der Waals surface area (Å²) in [5.41, 5.74) is 1.40. The molecule has 2 aliphatic rings. The van der Waals surface area contributed by atoms with E-state index >= 15 is 0 Å². The van der Waals surface area contributed by atoms with E-state index in [1.165, 1.54) is 0 Å². The Balaban J connectivity index is 1.71. The van der Waals surface area contributed by atoms with Crippen LogP contribution in [0.15, 0.2) is 36.4 Å². The topological polar surface area (TPSA) is 108 Å². The molecule has 2 aromatic carbocycles. The van der Waals surface area contributed by atoms with Gasteiger partial charge in [0.05, 0.1) is 32.4 Å². The Bertz CT molecular complexity index is 1380. The number of hydrogen-bond acceptors (Lipinski definition) is 8. The average molecular weight is 557 g/mol. The zero-order valence-electron chi connectivity index (χ0n) is 22.7. The highest BCUT2D eigenvalue weighted by atomic mass is 35.5. The Kier molecular flexibility index (Phi) is 7.56. The number of fused-ring (bicyclic) bond motifs is 3. The van der Waals surface area contributed by atoms with Crippen LogP contribution < -0.4 is 9.47 Å². The van der Waals surface area contributed by atoms with Crippen molar-refractivity contribution >= 4 is 17.5 Å². The number of likely N-dealkylation sites (tertiary alicyclic amines) is 1. The number of hydrogen-bond donors (Lipinski definition) is 1. The molecular weight excluding hydrogens is 524 g/mol. The highest BCUT2D eigenvalue weighted by Crippen LogP contribution is 2.47. The molecule has 1 fully saturated rings. The smallest absolute Gasteiger partial charge is 0.225 e. The number of β-amino-alcohol motifs (C(OH)–C–C–N with tert-alkyl or cyclic N) is 1. The van der Waals surface area contributed by atoms with Gasteiger partial charge < -0.3 is 29.0 Å². The summed E-state index contributed by atoms with van der Waals surface area (Å²) >= 11 is 6.53. The van der Waals surface area contributed by atoms with Gasteiger partial charge in [-0.2, -0.15) is 0 Å². The van der Waals surface area contributed by atoms with Crippen molar-refractivity contribution in [3.05, 3.63) is 64.2 Å².